The van der Waals surface area contributed by atoms with Gasteiger partial charge in [-0.2, -0.15) is 0 Å². The lowest BCUT2D eigenvalue weighted by atomic mass is 9.99. The molecule has 4 aliphatic rings. The zero-order valence-electron chi connectivity index (χ0n) is 20.2. The fraction of sp³-hybridized carbons (Fsp3) is 0.321. The highest BCUT2D eigenvalue weighted by atomic mass is 15.4. The summed E-state index contributed by atoms with van der Waals surface area (Å²) in [6.07, 6.45) is 13.3. The second kappa shape index (κ2) is 9.39. The number of hydrogen-bond donors (Lipinski definition) is 2. The maximum absolute atomic E-state index is 4.69. The van der Waals surface area contributed by atoms with Gasteiger partial charge in [0.15, 0.2) is 6.29 Å². The Morgan fingerprint density at radius 1 is 1.24 bits per heavy atom. The van der Waals surface area contributed by atoms with Crippen LogP contribution < -0.4 is 10.6 Å². The Morgan fingerprint density at radius 3 is 2.88 bits per heavy atom. The average Bonchev–Trinajstić information content (AvgIpc) is 3.28. The predicted molar refractivity (Wildman–Crippen MR) is 139 cm³/mol. The van der Waals surface area contributed by atoms with Gasteiger partial charge in [0.05, 0.1) is 11.4 Å². The standard InChI is InChI=1S/C28H34N6/c1-20(16-33-12-10-23-7-5-6-8-25(23)17-33)14-29-22(3)27-19-34-18-26(15-30-28(34)31-27)24-9-11-32(4)21(2)13-24/h5-9,11,13,15,18-20,28-29,31H,2-3,10,12,14,16-17H2,1,4H3. The monoisotopic (exact) mass is 454 g/mol. The van der Waals surface area contributed by atoms with Gasteiger partial charge in [-0.1, -0.05) is 44.3 Å². The molecule has 1 aromatic rings. The summed E-state index contributed by atoms with van der Waals surface area (Å²) in [5.74, 6) is 0.521. The summed E-state index contributed by atoms with van der Waals surface area (Å²) in [4.78, 5) is 11.4. The van der Waals surface area contributed by atoms with Crippen LogP contribution >= 0.6 is 0 Å². The molecule has 0 aromatic heterocycles. The minimum atomic E-state index is -0.123. The molecule has 2 unspecified atom stereocenters. The first-order valence-electron chi connectivity index (χ1n) is 12.0. The summed E-state index contributed by atoms with van der Waals surface area (Å²) in [5, 5.41) is 6.99. The van der Waals surface area contributed by atoms with Gasteiger partial charge >= 0.3 is 0 Å². The first kappa shape index (κ1) is 22.3. The number of likely N-dealkylation sites (N-methyl/N-ethyl adjacent to an activating group) is 1. The van der Waals surface area contributed by atoms with Crippen LogP contribution in [0.25, 0.3) is 0 Å². The Bertz CT molecular complexity index is 1140. The summed E-state index contributed by atoms with van der Waals surface area (Å²) >= 11 is 0. The third-order valence-electron chi connectivity index (χ3n) is 6.84. The molecule has 0 bridgehead atoms. The van der Waals surface area contributed by atoms with Crippen LogP contribution in [0.5, 0.6) is 0 Å². The zero-order valence-corrected chi connectivity index (χ0v) is 20.2. The average molecular weight is 455 g/mol. The number of aliphatic imine (C=N–C) groups is 1. The van der Waals surface area contributed by atoms with Crippen molar-refractivity contribution in [3.05, 3.63) is 108 Å². The second-order valence-corrected chi connectivity index (χ2v) is 9.61. The predicted octanol–water partition coefficient (Wildman–Crippen LogP) is 3.68. The summed E-state index contributed by atoms with van der Waals surface area (Å²) in [5.41, 5.74) is 8.00. The van der Waals surface area contributed by atoms with Crippen molar-refractivity contribution in [1.82, 2.24) is 25.3 Å². The van der Waals surface area contributed by atoms with Crippen molar-refractivity contribution in [3.8, 4) is 0 Å². The zero-order chi connectivity index (χ0) is 23.7. The van der Waals surface area contributed by atoms with Gasteiger partial charge in [0, 0.05) is 69.3 Å². The molecule has 5 rings (SSSR count). The summed E-state index contributed by atoms with van der Waals surface area (Å²) in [6.45, 7) is 14.8. The quantitative estimate of drug-likeness (QED) is 0.658. The van der Waals surface area contributed by atoms with Gasteiger partial charge in [-0.05, 0) is 41.2 Å². The number of hydrogen-bond acceptors (Lipinski definition) is 6. The van der Waals surface area contributed by atoms with Gasteiger partial charge < -0.3 is 20.4 Å². The van der Waals surface area contributed by atoms with Gasteiger partial charge in [0.2, 0.25) is 0 Å². The van der Waals surface area contributed by atoms with E-state index < -0.39 is 0 Å². The number of allylic oxidation sites excluding steroid dienone is 4. The van der Waals surface area contributed by atoms with E-state index >= 15 is 0 Å². The SMILES string of the molecule is C=C(NCC(C)CN1CCc2ccccc2C1)C1=CN2C=C(C3=CC(=C)N(C)C=C3)C=NC2N1. The lowest BCUT2D eigenvalue weighted by Gasteiger charge is -2.31. The molecule has 0 spiro atoms. The minimum absolute atomic E-state index is 0.123. The molecular weight excluding hydrogens is 420 g/mol. The molecule has 2 atom stereocenters. The Balaban J connectivity index is 1.14. The fourth-order valence-electron chi connectivity index (χ4n) is 4.76. The Hall–Kier alpha value is -3.51. The van der Waals surface area contributed by atoms with Crippen LogP contribution in [0.15, 0.2) is 101 Å². The van der Waals surface area contributed by atoms with Gasteiger partial charge in [0.1, 0.15) is 0 Å². The Morgan fingerprint density at radius 2 is 2.06 bits per heavy atom. The fourth-order valence-corrected chi connectivity index (χ4v) is 4.76. The Labute approximate surface area is 203 Å². The van der Waals surface area contributed by atoms with Gasteiger partial charge in [-0.3, -0.25) is 4.90 Å². The molecule has 6 nitrogen and oxygen atoms in total. The smallest absolute Gasteiger partial charge is 0.200 e. The maximum Gasteiger partial charge on any atom is 0.200 e. The van der Waals surface area contributed by atoms with Crippen LogP contribution in [0.3, 0.4) is 0 Å². The molecule has 0 radical (unpaired) electrons. The molecule has 2 N–H and O–H groups in total. The number of rotatable bonds is 7. The van der Waals surface area contributed by atoms with Crippen molar-refractivity contribution in [2.24, 2.45) is 10.9 Å². The third-order valence-corrected chi connectivity index (χ3v) is 6.84. The molecule has 6 heteroatoms. The van der Waals surface area contributed by atoms with Crippen LogP contribution in [0.2, 0.25) is 0 Å². The van der Waals surface area contributed by atoms with Crippen molar-refractivity contribution >= 4 is 6.21 Å². The molecule has 176 valence electrons. The largest absolute Gasteiger partial charge is 0.383 e. The lowest BCUT2D eigenvalue weighted by molar-refractivity contribution is 0.219. The van der Waals surface area contributed by atoms with E-state index in [0.717, 1.165) is 60.8 Å². The minimum Gasteiger partial charge on any atom is -0.383 e. The van der Waals surface area contributed by atoms with Crippen LogP contribution in [0.1, 0.15) is 18.1 Å². The highest BCUT2D eigenvalue weighted by Crippen LogP contribution is 2.26. The second-order valence-electron chi connectivity index (χ2n) is 9.61. The molecule has 0 fully saturated rings. The van der Waals surface area contributed by atoms with Gasteiger partial charge in [0.25, 0.3) is 0 Å². The van der Waals surface area contributed by atoms with Crippen molar-refractivity contribution < 1.29 is 0 Å². The molecule has 0 aliphatic carbocycles. The summed E-state index contributed by atoms with van der Waals surface area (Å²) in [7, 11) is 2.00. The molecule has 4 aliphatic heterocycles. The molecule has 0 amide bonds. The molecule has 0 saturated heterocycles. The van der Waals surface area contributed by atoms with Gasteiger partial charge in [-0.25, -0.2) is 4.99 Å². The molecular formula is C28H34N6. The number of nitrogens with zero attached hydrogens (tertiary/aromatic N) is 4. The summed E-state index contributed by atoms with van der Waals surface area (Å²) in [6, 6.07) is 8.82. The van der Waals surface area contributed by atoms with Crippen molar-refractivity contribution in [3.63, 3.8) is 0 Å². The first-order valence-corrected chi connectivity index (χ1v) is 12.0. The highest BCUT2D eigenvalue weighted by molar-refractivity contribution is 5.87. The molecule has 4 heterocycles. The van der Waals surface area contributed by atoms with E-state index in [1.165, 1.54) is 11.1 Å². The van der Waals surface area contributed by atoms with Crippen molar-refractivity contribution in [1.29, 1.82) is 0 Å². The van der Waals surface area contributed by atoms with Crippen LogP contribution in [0.4, 0.5) is 0 Å². The van der Waals surface area contributed by atoms with Crippen LogP contribution in [-0.4, -0.2) is 53.9 Å². The van der Waals surface area contributed by atoms with Crippen LogP contribution in [0, 0.1) is 5.92 Å². The van der Waals surface area contributed by atoms with E-state index in [1.54, 1.807) is 0 Å². The van der Waals surface area contributed by atoms with E-state index in [4.69, 9.17) is 4.99 Å². The maximum atomic E-state index is 4.69. The number of nitrogens with one attached hydrogen (secondary N) is 2. The molecule has 34 heavy (non-hydrogen) atoms. The van der Waals surface area contributed by atoms with Gasteiger partial charge in [-0.15, -0.1) is 0 Å². The third kappa shape index (κ3) is 4.73. The molecule has 0 saturated carbocycles. The van der Waals surface area contributed by atoms with E-state index in [1.807, 2.05) is 24.4 Å². The first-order chi connectivity index (χ1) is 16.5. The van der Waals surface area contributed by atoms with Crippen molar-refractivity contribution in [2.45, 2.75) is 26.2 Å². The van der Waals surface area contributed by atoms with E-state index in [2.05, 4.69) is 89.3 Å². The van der Waals surface area contributed by atoms with E-state index in [-0.39, 0.29) is 6.29 Å². The topological polar surface area (TPSA) is 46.1 Å². The van der Waals surface area contributed by atoms with E-state index in [0.29, 0.717) is 5.92 Å². The normalized spacial score (nSPS) is 22.4. The van der Waals surface area contributed by atoms with Crippen LogP contribution in [-0.2, 0) is 13.0 Å². The van der Waals surface area contributed by atoms with Crippen molar-refractivity contribution in [2.75, 3.05) is 26.7 Å². The molecule has 1 aromatic carbocycles. The van der Waals surface area contributed by atoms with E-state index in [9.17, 15) is 0 Å². The lowest BCUT2D eigenvalue weighted by Crippen LogP contribution is -2.37. The Kier molecular flexibility index (Phi) is 6.16. The summed E-state index contributed by atoms with van der Waals surface area (Å²) < 4.78 is 0. The highest BCUT2D eigenvalue weighted by Gasteiger charge is 2.26. The number of fused-ring (bicyclic) bond motifs is 2. The number of benzene rings is 1.